The molecular weight excluding hydrogens is 732 g/mol. The molecule has 2 aromatic heterocycles. The minimum Gasteiger partial charge on any atom is -0.496 e. The second-order valence-corrected chi connectivity index (χ2v) is 14.3. The van der Waals surface area contributed by atoms with E-state index in [1.54, 1.807) is 69.0 Å². The summed E-state index contributed by atoms with van der Waals surface area (Å²) in [7, 11) is 6.32. The lowest BCUT2D eigenvalue weighted by Crippen LogP contribution is -2.49. The van der Waals surface area contributed by atoms with Crippen molar-refractivity contribution in [2.45, 2.75) is 44.3 Å². The van der Waals surface area contributed by atoms with Gasteiger partial charge in [-0.05, 0) is 79.1 Å². The Balaban J connectivity index is 0.00000567. The van der Waals surface area contributed by atoms with Crippen molar-refractivity contribution in [3.63, 3.8) is 0 Å². The van der Waals surface area contributed by atoms with E-state index < -0.39 is 6.03 Å². The molecule has 5 heterocycles. The Morgan fingerprint density at radius 3 is 2.11 bits per heavy atom. The maximum Gasteiger partial charge on any atom is 0.328 e. The van der Waals surface area contributed by atoms with Gasteiger partial charge < -0.3 is 33.3 Å². The van der Waals surface area contributed by atoms with Gasteiger partial charge in [0.2, 0.25) is 11.8 Å². The van der Waals surface area contributed by atoms with Crippen LogP contribution in [0.25, 0.3) is 28.0 Å². The van der Waals surface area contributed by atoms with E-state index >= 15 is 0 Å². The Labute approximate surface area is 331 Å². The fourth-order valence-electron chi connectivity index (χ4n) is 7.75. The summed E-state index contributed by atoms with van der Waals surface area (Å²) in [6.07, 6.45) is 11.2. The van der Waals surface area contributed by atoms with Crippen molar-refractivity contribution in [3.05, 3.63) is 82.5 Å². The number of likely N-dealkylation sites (tertiary alicyclic amines) is 2. The first-order valence-electron chi connectivity index (χ1n) is 19.0. The number of hydrogen-bond acceptors (Lipinski definition) is 10. The molecule has 7 rings (SSSR count). The predicted molar refractivity (Wildman–Crippen MR) is 215 cm³/mol. The molecule has 0 bridgehead atoms. The molecule has 4 aromatic rings. The quantitative estimate of drug-likeness (QED) is 0.225. The van der Waals surface area contributed by atoms with Crippen LogP contribution in [0.3, 0.4) is 0 Å². The lowest BCUT2D eigenvalue weighted by Gasteiger charge is -2.37. The number of piperidine rings is 2. The van der Waals surface area contributed by atoms with Crippen LogP contribution < -0.4 is 30.0 Å². The summed E-state index contributed by atoms with van der Waals surface area (Å²) in [5.41, 5.74) is 2.95. The number of hydrogen-bond donors (Lipinski definition) is 1. The minimum atomic E-state index is -0.546. The number of rotatable bonds is 10. The number of carbonyl (C=O) groups excluding carboxylic acids is 4. The normalized spacial score (nSPS) is 16.9. The smallest absolute Gasteiger partial charge is 0.328 e. The fourth-order valence-corrected chi connectivity index (χ4v) is 7.75. The number of ether oxygens (including phenoxy) is 4. The molecule has 2 aromatic carbocycles. The number of anilines is 1. The largest absolute Gasteiger partial charge is 0.496 e. The van der Waals surface area contributed by atoms with E-state index in [9.17, 15) is 24.0 Å². The molecule has 1 N–H and O–H groups in total. The van der Waals surface area contributed by atoms with Gasteiger partial charge in [0.25, 0.3) is 11.5 Å². The van der Waals surface area contributed by atoms with Crippen LogP contribution >= 0.6 is 0 Å². The van der Waals surface area contributed by atoms with E-state index in [0.717, 1.165) is 16.5 Å². The maximum atomic E-state index is 13.5. The maximum absolute atomic E-state index is 13.5. The summed E-state index contributed by atoms with van der Waals surface area (Å²) in [5.74, 6) is 0.861. The van der Waals surface area contributed by atoms with Gasteiger partial charge in [0, 0.05) is 83.4 Å². The second kappa shape index (κ2) is 16.9. The number of imide groups is 1. The highest BCUT2D eigenvalue weighted by molar-refractivity contribution is 6.07. The van der Waals surface area contributed by atoms with E-state index in [2.05, 4.69) is 10.3 Å². The monoisotopic (exact) mass is 780 g/mol. The Bertz CT molecular complexity index is 2270. The van der Waals surface area contributed by atoms with Crippen molar-refractivity contribution in [2.75, 3.05) is 59.0 Å². The standard InChI is InChI=1S/C42H46N6O9.H2/c1-45-25-33(30-9-15-43-24-32(30)41(45)52)27-22-36(55-3)31(37(23-27)56-4)6-8-39(50)46-16-10-28(11-17-46)57-29-12-18-47(19-13-29)40(51)26-5-7-35(54-2)34(21-26)48-20-14-38(49)44-42(48)53;/h5-9,15,21-25,28-29H,10-14,16-20H2,1-4H3,(H,44,49,53);1H/b8-6+;. The van der Waals surface area contributed by atoms with Gasteiger partial charge in [0.1, 0.15) is 17.2 Å². The van der Waals surface area contributed by atoms with Crippen LogP contribution in [0, 0.1) is 0 Å². The summed E-state index contributed by atoms with van der Waals surface area (Å²) < 4.78 is 25.0. The number of amides is 5. The topological polar surface area (TPSA) is 162 Å². The Hall–Kier alpha value is -6.22. The van der Waals surface area contributed by atoms with Gasteiger partial charge >= 0.3 is 6.03 Å². The zero-order valence-corrected chi connectivity index (χ0v) is 32.5. The number of urea groups is 1. The highest BCUT2D eigenvalue weighted by atomic mass is 16.5. The second-order valence-electron chi connectivity index (χ2n) is 14.3. The molecule has 300 valence electrons. The molecule has 15 heteroatoms. The van der Waals surface area contributed by atoms with Gasteiger partial charge in [0.15, 0.2) is 0 Å². The van der Waals surface area contributed by atoms with Gasteiger partial charge in [-0.3, -0.25) is 34.4 Å². The SMILES string of the molecule is COc1ccc(C(=O)N2CCC(OC3CCN(C(=O)/C=C/c4c(OC)cc(-c5cn(C)c(=O)c6cnccc56)cc4OC)CC3)CC2)cc1N1CCC(=O)NC1=O.[HH]. The predicted octanol–water partition coefficient (Wildman–Crippen LogP) is 4.64. The van der Waals surface area contributed by atoms with E-state index in [0.29, 0.717) is 91.3 Å². The third-order valence-corrected chi connectivity index (χ3v) is 10.9. The zero-order chi connectivity index (χ0) is 40.2. The van der Waals surface area contributed by atoms with Crippen LogP contribution in [0.2, 0.25) is 0 Å². The van der Waals surface area contributed by atoms with Crippen LogP contribution in [0.15, 0.2) is 65.9 Å². The average molecular weight is 781 g/mol. The van der Waals surface area contributed by atoms with Crippen molar-refractivity contribution < 1.29 is 39.6 Å². The van der Waals surface area contributed by atoms with Gasteiger partial charge in [-0.1, -0.05) is 0 Å². The molecule has 3 aliphatic heterocycles. The van der Waals surface area contributed by atoms with Crippen molar-refractivity contribution in [1.29, 1.82) is 0 Å². The number of nitrogens with zero attached hydrogens (tertiary/aromatic N) is 5. The molecule has 0 radical (unpaired) electrons. The number of aryl methyl sites for hydroxylation is 1. The third kappa shape index (κ3) is 8.19. The molecule has 0 atom stereocenters. The molecule has 3 aliphatic rings. The van der Waals surface area contributed by atoms with Crippen LogP contribution in [-0.4, -0.2) is 109 Å². The first-order chi connectivity index (χ1) is 27.6. The van der Waals surface area contributed by atoms with E-state index in [1.165, 1.54) is 22.7 Å². The molecular formula is C42H48N6O9. The van der Waals surface area contributed by atoms with Gasteiger partial charge in [-0.25, -0.2) is 4.79 Å². The van der Waals surface area contributed by atoms with E-state index in [1.807, 2.05) is 23.1 Å². The number of nitrogens with one attached hydrogen (secondary N) is 1. The Morgan fingerprint density at radius 2 is 1.47 bits per heavy atom. The lowest BCUT2D eigenvalue weighted by molar-refractivity contribution is -0.130. The molecule has 3 saturated heterocycles. The van der Waals surface area contributed by atoms with Crippen molar-refractivity contribution in [3.8, 4) is 28.4 Å². The number of aromatic nitrogens is 2. The first-order valence-corrected chi connectivity index (χ1v) is 19.0. The van der Waals surface area contributed by atoms with Crippen molar-refractivity contribution in [2.24, 2.45) is 7.05 Å². The molecule has 57 heavy (non-hydrogen) atoms. The van der Waals surface area contributed by atoms with Gasteiger partial charge in [-0.2, -0.15) is 0 Å². The van der Waals surface area contributed by atoms with E-state index in [4.69, 9.17) is 18.9 Å². The average Bonchev–Trinajstić information content (AvgIpc) is 3.24. The molecule has 0 spiro atoms. The number of carbonyl (C=O) groups is 4. The highest BCUT2D eigenvalue weighted by Crippen LogP contribution is 2.38. The summed E-state index contributed by atoms with van der Waals surface area (Å²) in [5, 5.41) is 3.58. The number of benzene rings is 2. The summed E-state index contributed by atoms with van der Waals surface area (Å²) in [4.78, 5) is 73.0. The van der Waals surface area contributed by atoms with Crippen LogP contribution in [0.1, 0.15) is 49.5 Å². The molecule has 0 unspecified atom stereocenters. The lowest BCUT2D eigenvalue weighted by atomic mass is 9.99. The minimum absolute atomic E-state index is 0. The summed E-state index contributed by atoms with van der Waals surface area (Å²) >= 11 is 0. The van der Waals surface area contributed by atoms with Crippen LogP contribution in [-0.2, 0) is 21.4 Å². The van der Waals surface area contributed by atoms with Gasteiger partial charge in [0.05, 0.1) is 50.2 Å². The Morgan fingerprint density at radius 1 is 0.825 bits per heavy atom. The first kappa shape index (κ1) is 39.0. The van der Waals surface area contributed by atoms with Crippen molar-refractivity contribution >= 4 is 46.3 Å². The fraction of sp³-hybridized carbons (Fsp3) is 0.381. The summed E-state index contributed by atoms with van der Waals surface area (Å²) in [6, 6.07) is 9.99. The third-order valence-electron chi connectivity index (χ3n) is 10.9. The molecule has 0 aliphatic carbocycles. The molecule has 0 saturated carbocycles. The Kier molecular flexibility index (Phi) is 11.6. The number of fused-ring (bicyclic) bond motifs is 1. The molecule has 3 fully saturated rings. The van der Waals surface area contributed by atoms with E-state index in [-0.39, 0.29) is 49.9 Å². The highest BCUT2D eigenvalue weighted by Gasteiger charge is 2.31. The summed E-state index contributed by atoms with van der Waals surface area (Å²) in [6.45, 7) is 2.35. The zero-order valence-electron chi connectivity index (χ0n) is 32.5. The molecule has 15 nitrogen and oxygen atoms in total. The molecule has 5 amide bonds. The number of pyridine rings is 2. The van der Waals surface area contributed by atoms with Crippen LogP contribution in [0.5, 0.6) is 17.2 Å². The van der Waals surface area contributed by atoms with Gasteiger partial charge in [-0.15, -0.1) is 0 Å². The number of methoxy groups -OCH3 is 3. The van der Waals surface area contributed by atoms with Crippen LogP contribution in [0.4, 0.5) is 10.5 Å². The van der Waals surface area contributed by atoms with Crippen molar-refractivity contribution in [1.82, 2.24) is 24.7 Å².